The number of carbonyl (C=O) groups excluding carboxylic acids is 3. The first-order valence-electron chi connectivity index (χ1n) is 12.2. The second kappa shape index (κ2) is 12.1. The number of hydrogen-bond donors (Lipinski definition) is 2. The third-order valence-electron chi connectivity index (χ3n) is 6.81. The smallest absolute Gasteiger partial charge is 0.317 e. The summed E-state index contributed by atoms with van der Waals surface area (Å²) in [6.45, 7) is 3.19. The zero-order chi connectivity index (χ0) is 24.7. The summed E-state index contributed by atoms with van der Waals surface area (Å²) < 4.78 is 20.4. The molecule has 1 aromatic carbocycles. The molecule has 0 radical (unpaired) electrons. The van der Waals surface area contributed by atoms with Gasteiger partial charge in [-0.3, -0.25) is 9.59 Å². The van der Waals surface area contributed by atoms with Crippen molar-refractivity contribution in [2.75, 3.05) is 33.8 Å². The van der Waals surface area contributed by atoms with Crippen molar-refractivity contribution in [3.05, 3.63) is 35.6 Å². The Labute approximate surface area is 201 Å². The molecule has 8 nitrogen and oxygen atoms in total. The molecule has 2 aliphatic rings. The van der Waals surface area contributed by atoms with E-state index in [0.717, 1.165) is 37.7 Å². The van der Waals surface area contributed by atoms with Crippen LogP contribution in [0.3, 0.4) is 0 Å². The van der Waals surface area contributed by atoms with E-state index < -0.39 is 11.8 Å². The average molecular weight is 477 g/mol. The molecule has 1 saturated heterocycles. The van der Waals surface area contributed by atoms with Gasteiger partial charge in [0.2, 0.25) is 0 Å². The van der Waals surface area contributed by atoms with Crippen molar-refractivity contribution in [2.45, 2.75) is 69.6 Å². The van der Waals surface area contributed by atoms with Crippen molar-refractivity contribution >= 4 is 17.8 Å². The van der Waals surface area contributed by atoms with Crippen LogP contribution < -0.4 is 10.6 Å². The topological polar surface area (TPSA) is 91.0 Å². The van der Waals surface area contributed by atoms with Crippen molar-refractivity contribution in [1.29, 1.82) is 0 Å². The maximum absolute atomic E-state index is 14.2. The van der Waals surface area contributed by atoms with Crippen LogP contribution in [-0.4, -0.2) is 79.6 Å². The SMILES string of the molecule is CCNC(=O)N1CCC[C@H](NC(=O)C(=O)N(C)C)[C@@H]1COC1CCC(c2ccccc2F)CC1. The van der Waals surface area contributed by atoms with Gasteiger partial charge in [0.05, 0.1) is 24.8 Å². The van der Waals surface area contributed by atoms with E-state index in [1.165, 1.54) is 25.1 Å². The van der Waals surface area contributed by atoms with E-state index >= 15 is 0 Å². The highest BCUT2D eigenvalue weighted by molar-refractivity contribution is 6.34. The molecule has 0 aromatic heterocycles. The number of rotatable bonds is 6. The van der Waals surface area contributed by atoms with Gasteiger partial charge < -0.3 is 25.2 Å². The van der Waals surface area contributed by atoms with Crippen LogP contribution in [0.15, 0.2) is 24.3 Å². The summed E-state index contributed by atoms with van der Waals surface area (Å²) in [6, 6.07) is 6.00. The van der Waals surface area contributed by atoms with E-state index in [0.29, 0.717) is 19.5 Å². The number of halogens is 1. The number of piperidine rings is 1. The highest BCUT2D eigenvalue weighted by atomic mass is 19.1. The van der Waals surface area contributed by atoms with E-state index in [9.17, 15) is 18.8 Å². The number of ether oxygens (including phenoxy) is 1. The minimum absolute atomic E-state index is 0.0146. The Hall–Kier alpha value is -2.68. The normalized spacial score (nSPS) is 24.9. The van der Waals surface area contributed by atoms with Crippen LogP contribution in [-0.2, 0) is 14.3 Å². The zero-order valence-corrected chi connectivity index (χ0v) is 20.4. The number of nitrogens with one attached hydrogen (secondary N) is 2. The van der Waals surface area contributed by atoms with Crippen molar-refractivity contribution in [2.24, 2.45) is 0 Å². The molecule has 1 saturated carbocycles. The predicted molar refractivity (Wildman–Crippen MR) is 127 cm³/mol. The van der Waals surface area contributed by atoms with Gasteiger partial charge in [0.25, 0.3) is 0 Å². The lowest BCUT2D eigenvalue weighted by Gasteiger charge is -2.42. The van der Waals surface area contributed by atoms with Crippen LogP contribution >= 0.6 is 0 Å². The molecule has 1 aliphatic carbocycles. The monoisotopic (exact) mass is 476 g/mol. The highest BCUT2D eigenvalue weighted by Gasteiger charge is 2.37. The lowest BCUT2D eigenvalue weighted by atomic mass is 9.82. The Morgan fingerprint density at radius 3 is 2.47 bits per heavy atom. The molecule has 1 heterocycles. The third-order valence-corrected chi connectivity index (χ3v) is 6.81. The molecule has 2 atom stereocenters. The average Bonchev–Trinajstić information content (AvgIpc) is 2.83. The summed E-state index contributed by atoms with van der Waals surface area (Å²) in [5.41, 5.74) is 0.768. The first kappa shape index (κ1) is 25.9. The predicted octanol–water partition coefficient (Wildman–Crippen LogP) is 2.64. The minimum atomic E-state index is -0.678. The van der Waals surface area contributed by atoms with E-state index in [1.807, 2.05) is 19.1 Å². The van der Waals surface area contributed by atoms with Gasteiger partial charge >= 0.3 is 17.8 Å². The molecule has 1 aromatic rings. The molecule has 0 bridgehead atoms. The maximum atomic E-state index is 14.2. The molecular weight excluding hydrogens is 439 g/mol. The second-order valence-electron chi connectivity index (χ2n) is 9.35. The molecule has 0 unspecified atom stereocenters. The summed E-state index contributed by atoms with van der Waals surface area (Å²) in [6.07, 6.45) is 4.70. The van der Waals surface area contributed by atoms with Gasteiger partial charge in [-0.05, 0) is 63.0 Å². The summed E-state index contributed by atoms with van der Waals surface area (Å²) in [4.78, 5) is 40.1. The van der Waals surface area contributed by atoms with Gasteiger partial charge in [-0.2, -0.15) is 0 Å². The third kappa shape index (κ3) is 6.46. The van der Waals surface area contributed by atoms with Crippen LogP contribution in [0.25, 0.3) is 0 Å². The highest BCUT2D eigenvalue weighted by Crippen LogP contribution is 2.35. The lowest BCUT2D eigenvalue weighted by molar-refractivity contribution is -0.145. The van der Waals surface area contributed by atoms with E-state index in [2.05, 4.69) is 10.6 Å². The van der Waals surface area contributed by atoms with E-state index in [1.54, 1.807) is 11.0 Å². The number of likely N-dealkylation sites (N-methyl/N-ethyl adjacent to an activating group) is 1. The van der Waals surface area contributed by atoms with Crippen molar-refractivity contribution in [1.82, 2.24) is 20.4 Å². The molecule has 188 valence electrons. The molecule has 4 amide bonds. The largest absolute Gasteiger partial charge is 0.376 e. The minimum Gasteiger partial charge on any atom is -0.376 e. The fraction of sp³-hybridized carbons (Fsp3) is 0.640. The van der Waals surface area contributed by atoms with Gasteiger partial charge in [-0.1, -0.05) is 18.2 Å². The van der Waals surface area contributed by atoms with Crippen LogP contribution in [0.4, 0.5) is 9.18 Å². The van der Waals surface area contributed by atoms with E-state index in [-0.39, 0.29) is 42.6 Å². The van der Waals surface area contributed by atoms with Gasteiger partial charge in [-0.15, -0.1) is 0 Å². The molecule has 2 N–H and O–H groups in total. The van der Waals surface area contributed by atoms with Crippen LogP contribution in [0.1, 0.15) is 56.9 Å². The van der Waals surface area contributed by atoms with Gasteiger partial charge in [0, 0.05) is 27.2 Å². The summed E-state index contributed by atoms with van der Waals surface area (Å²) in [7, 11) is 3.06. The Morgan fingerprint density at radius 2 is 1.82 bits per heavy atom. The number of likely N-dealkylation sites (tertiary alicyclic amines) is 1. The second-order valence-corrected chi connectivity index (χ2v) is 9.35. The number of benzene rings is 1. The molecule has 0 spiro atoms. The van der Waals surface area contributed by atoms with Crippen LogP contribution in [0.2, 0.25) is 0 Å². The fourth-order valence-electron chi connectivity index (χ4n) is 4.95. The summed E-state index contributed by atoms with van der Waals surface area (Å²) in [5, 5.41) is 5.66. The van der Waals surface area contributed by atoms with Crippen molar-refractivity contribution in [3.63, 3.8) is 0 Å². The van der Waals surface area contributed by atoms with Crippen molar-refractivity contribution < 1.29 is 23.5 Å². The molecular formula is C25H37FN4O4. The molecule has 1 aliphatic heterocycles. The molecule has 2 fully saturated rings. The zero-order valence-electron chi connectivity index (χ0n) is 20.4. The molecule has 9 heteroatoms. The lowest BCUT2D eigenvalue weighted by Crippen LogP contribution is -2.62. The van der Waals surface area contributed by atoms with Gasteiger partial charge in [0.1, 0.15) is 5.82 Å². The van der Waals surface area contributed by atoms with Gasteiger partial charge in [-0.25, -0.2) is 9.18 Å². The van der Waals surface area contributed by atoms with Gasteiger partial charge in [0.15, 0.2) is 0 Å². The number of hydrogen-bond acceptors (Lipinski definition) is 4. The first-order chi connectivity index (χ1) is 16.3. The quantitative estimate of drug-likeness (QED) is 0.618. The number of urea groups is 1. The maximum Gasteiger partial charge on any atom is 0.317 e. The number of nitrogens with zero attached hydrogens (tertiary/aromatic N) is 2. The molecule has 34 heavy (non-hydrogen) atoms. The fourth-order valence-corrected chi connectivity index (χ4v) is 4.95. The standard InChI is InChI=1S/C25H37FN4O4/c1-4-27-25(33)30-15-7-10-21(28-23(31)24(32)29(2)3)22(30)16-34-18-13-11-17(12-14-18)19-8-5-6-9-20(19)26/h5-6,8-9,17-18,21-22H,4,7,10-16H2,1-3H3,(H,27,33)(H,28,31)/t17?,18?,21-,22-/m0/s1. The van der Waals surface area contributed by atoms with Crippen LogP contribution in [0.5, 0.6) is 0 Å². The molecule has 3 rings (SSSR count). The Morgan fingerprint density at radius 1 is 1.12 bits per heavy atom. The Bertz CT molecular complexity index is 857. The Kier molecular flexibility index (Phi) is 9.27. The van der Waals surface area contributed by atoms with Crippen LogP contribution in [0, 0.1) is 5.82 Å². The van der Waals surface area contributed by atoms with E-state index in [4.69, 9.17) is 4.74 Å². The van der Waals surface area contributed by atoms with Crippen molar-refractivity contribution in [3.8, 4) is 0 Å². The summed E-state index contributed by atoms with van der Waals surface area (Å²) in [5.74, 6) is -1.27. The number of amides is 4. The summed E-state index contributed by atoms with van der Waals surface area (Å²) >= 11 is 0. The first-order valence-corrected chi connectivity index (χ1v) is 12.2. The Balaban J connectivity index is 1.62. The number of carbonyl (C=O) groups is 3.